The molecule has 0 aromatic heterocycles. The number of hydrogen-bond acceptors (Lipinski definition) is 2. The summed E-state index contributed by atoms with van der Waals surface area (Å²) in [6, 6.07) is 0. The molecule has 2 unspecified atom stereocenters. The van der Waals surface area contributed by atoms with E-state index >= 15 is 0 Å². The number of nitrogens with one attached hydrogen (secondary N) is 1. The van der Waals surface area contributed by atoms with Crippen LogP contribution in [0.4, 0.5) is 0 Å². The smallest absolute Gasteiger partial charge is 0.305 e. The molecule has 0 aliphatic heterocycles. The van der Waals surface area contributed by atoms with Crippen LogP contribution in [-0.4, -0.2) is 22.5 Å². The number of hydrogen-bond donors (Lipinski definition) is 2. The molecule has 2 atom stereocenters. The van der Waals surface area contributed by atoms with Gasteiger partial charge in [0.15, 0.2) is 0 Å². The van der Waals surface area contributed by atoms with E-state index < -0.39 is 11.5 Å². The topological polar surface area (TPSA) is 66.4 Å². The van der Waals surface area contributed by atoms with E-state index in [2.05, 4.69) is 12.2 Å². The number of carboxylic acid groups (broad SMARTS) is 1. The van der Waals surface area contributed by atoms with Gasteiger partial charge in [-0.25, -0.2) is 0 Å². The summed E-state index contributed by atoms with van der Waals surface area (Å²) in [7, 11) is 0. The first-order chi connectivity index (χ1) is 7.32. The van der Waals surface area contributed by atoms with Crippen molar-refractivity contribution in [3.8, 4) is 0 Å². The third kappa shape index (κ3) is 3.51. The number of amides is 1. The molecule has 16 heavy (non-hydrogen) atoms. The Bertz CT molecular complexity index is 286. The van der Waals surface area contributed by atoms with Crippen molar-refractivity contribution in [1.82, 2.24) is 5.32 Å². The van der Waals surface area contributed by atoms with Crippen LogP contribution < -0.4 is 5.32 Å². The Labute approximate surface area is 96.4 Å². The normalized spacial score (nSPS) is 25.4. The number of carbonyl (C=O) groups is 2. The first-order valence-corrected chi connectivity index (χ1v) is 5.85. The van der Waals surface area contributed by atoms with Crippen LogP contribution in [-0.2, 0) is 9.59 Å². The van der Waals surface area contributed by atoms with Crippen molar-refractivity contribution in [3.63, 3.8) is 0 Å². The lowest BCUT2D eigenvalue weighted by molar-refractivity contribution is -0.139. The Morgan fingerprint density at radius 2 is 2.00 bits per heavy atom. The summed E-state index contributed by atoms with van der Waals surface area (Å²) < 4.78 is 0. The lowest BCUT2D eigenvalue weighted by Crippen LogP contribution is -2.47. The van der Waals surface area contributed by atoms with Crippen LogP contribution in [0.15, 0.2) is 0 Å². The molecule has 0 aromatic rings. The second-order valence-electron chi connectivity index (χ2n) is 5.46. The SMILES string of the molecule is CC1CCCC1C(=O)NC(C)(C)CC(=O)O. The molecule has 4 nitrogen and oxygen atoms in total. The van der Waals surface area contributed by atoms with E-state index in [4.69, 9.17) is 5.11 Å². The lowest BCUT2D eigenvalue weighted by Gasteiger charge is -2.27. The van der Waals surface area contributed by atoms with Crippen molar-refractivity contribution in [2.24, 2.45) is 11.8 Å². The second-order valence-corrected chi connectivity index (χ2v) is 5.46. The summed E-state index contributed by atoms with van der Waals surface area (Å²) >= 11 is 0. The predicted octanol–water partition coefficient (Wildman–Crippen LogP) is 1.79. The Balaban J connectivity index is 2.52. The summed E-state index contributed by atoms with van der Waals surface area (Å²) in [5, 5.41) is 11.6. The maximum Gasteiger partial charge on any atom is 0.305 e. The van der Waals surface area contributed by atoms with Gasteiger partial charge in [0.2, 0.25) is 5.91 Å². The van der Waals surface area contributed by atoms with Gasteiger partial charge in [-0.05, 0) is 32.6 Å². The Morgan fingerprint density at radius 1 is 1.38 bits per heavy atom. The molecule has 0 saturated heterocycles. The molecule has 0 spiro atoms. The van der Waals surface area contributed by atoms with E-state index in [1.807, 2.05) is 0 Å². The molecule has 92 valence electrons. The van der Waals surface area contributed by atoms with E-state index in [1.54, 1.807) is 13.8 Å². The van der Waals surface area contributed by atoms with Crippen LogP contribution in [0.3, 0.4) is 0 Å². The van der Waals surface area contributed by atoms with E-state index in [1.165, 1.54) is 0 Å². The number of rotatable bonds is 4. The van der Waals surface area contributed by atoms with E-state index in [0.717, 1.165) is 19.3 Å². The first-order valence-electron chi connectivity index (χ1n) is 5.85. The van der Waals surface area contributed by atoms with Gasteiger partial charge >= 0.3 is 5.97 Å². The van der Waals surface area contributed by atoms with Crippen molar-refractivity contribution >= 4 is 11.9 Å². The van der Waals surface area contributed by atoms with Crippen LogP contribution in [0.2, 0.25) is 0 Å². The van der Waals surface area contributed by atoms with Gasteiger partial charge in [-0.15, -0.1) is 0 Å². The maximum absolute atomic E-state index is 11.9. The van der Waals surface area contributed by atoms with E-state index in [-0.39, 0.29) is 18.2 Å². The maximum atomic E-state index is 11.9. The minimum Gasteiger partial charge on any atom is -0.481 e. The van der Waals surface area contributed by atoms with Crippen LogP contribution in [0.25, 0.3) is 0 Å². The largest absolute Gasteiger partial charge is 0.481 e. The Hall–Kier alpha value is -1.06. The molecule has 0 radical (unpaired) electrons. The highest BCUT2D eigenvalue weighted by atomic mass is 16.4. The molecule has 0 heterocycles. The highest BCUT2D eigenvalue weighted by molar-refractivity contribution is 5.80. The fraction of sp³-hybridized carbons (Fsp3) is 0.833. The number of aliphatic carboxylic acids is 1. The molecular weight excluding hydrogens is 206 g/mol. The van der Waals surface area contributed by atoms with Crippen molar-refractivity contribution < 1.29 is 14.7 Å². The molecule has 0 bridgehead atoms. The van der Waals surface area contributed by atoms with E-state index in [9.17, 15) is 9.59 Å². The zero-order chi connectivity index (χ0) is 12.3. The van der Waals surface area contributed by atoms with Crippen LogP contribution in [0, 0.1) is 11.8 Å². The van der Waals surface area contributed by atoms with Gasteiger partial charge in [0.05, 0.1) is 6.42 Å². The highest BCUT2D eigenvalue weighted by Gasteiger charge is 2.33. The van der Waals surface area contributed by atoms with Gasteiger partial charge in [0.1, 0.15) is 0 Å². The summed E-state index contributed by atoms with van der Waals surface area (Å²) in [5.74, 6) is -0.394. The molecule has 4 heteroatoms. The third-order valence-corrected chi connectivity index (χ3v) is 3.25. The van der Waals surface area contributed by atoms with Crippen molar-refractivity contribution in [3.05, 3.63) is 0 Å². The second kappa shape index (κ2) is 4.85. The summed E-state index contributed by atoms with van der Waals surface area (Å²) in [4.78, 5) is 22.6. The molecule has 1 aliphatic rings. The Morgan fingerprint density at radius 3 is 2.44 bits per heavy atom. The average molecular weight is 227 g/mol. The van der Waals surface area contributed by atoms with Gasteiger partial charge in [-0.3, -0.25) is 9.59 Å². The fourth-order valence-electron chi connectivity index (χ4n) is 2.38. The summed E-state index contributed by atoms with van der Waals surface area (Å²) in [6.45, 7) is 5.58. The molecule has 2 N–H and O–H groups in total. The standard InChI is InChI=1S/C12H21NO3/c1-8-5-4-6-9(8)11(16)13-12(2,3)7-10(14)15/h8-9H,4-7H2,1-3H3,(H,13,16)(H,14,15). The number of carbonyl (C=O) groups excluding carboxylic acids is 1. The van der Waals surface area contributed by atoms with Gasteiger partial charge in [-0.2, -0.15) is 0 Å². The quantitative estimate of drug-likeness (QED) is 0.769. The van der Waals surface area contributed by atoms with Crippen molar-refractivity contribution in [2.75, 3.05) is 0 Å². The van der Waals surface area contributed by atoms with Crippen LogP contribution in [0.1, 0.15) is 46.5 Å². The molecule has 1 amide bonds. The first kappa shape index (κ1) is 13.0. The van der Waals surface area contributed by atoms with Crippen LogP contribution >= 0.6 is 0 Å². The molecule has 1 aliphatic carbocycles. The van der Waals surface area contributed by atoms with Gasteiger partial charge < -0.3 is 10.4 Å². The zero-order valence-corrected chi connectivity index (χ0v) is 10.2. The van der Waals surface area contributed by atoms with Crippen molar-refractivity contribution in [1.29, 1.82) is 0 Å². The van der Waals surface area contributed by atoms with Crippen molar-refractivity contribution in [2.45, 2.75) is 52.0 Å². The minimum atomic E-state index is -0.884. The Kier molecular flexibility index (Phi) is 3.94. The average Bonchev–Trinajstić information content (AvgIpc) is 2.47. The number of carboxylic acids is 1. The van der Waals surface area contributed by atoms with E-state index in [0.29, 0.717) is 5.92 Å². The predicted molar refractivity (Wildman–Crippen MR) is 61.0 cm³/mol. The van der Waals surface area contributed by atoms with Gasteiger partial charge in [-0.1, -0.05) is 13.3 Å². The van der Waals surface area contributed by atoms with Gasteiger partial charge in [0.25, 0.3) is 0 Å². The monoisotopic (exact) mass is 227 g/mol. The molecule has 1 saturated carbocycles. The molecule has 0 aromatic carbocycles. The summed E-state index contributed by atoms with van der Waals surface area (Å²) in [5.41, 5.74) is -0.661. The summed E-state index contributed by atoms with van der Waals surface area (Å²) in [6.07, 6.45) is 3.08. The third-order valence-electron chi connectivity index (χ3n) is 3.25. The molecule has 1 fully saturated rings. The zero-order valence-electron chi connectivity index (χ0n) is 10.2. The van der Waals surface area contributed by atoms with Crippen LogP contribution in [0.5, 0.6) is 0 Å². The minimum absolute atomic E-state index is 0.0104. The molecule has 1 rings (SSSR count). The fourth-order valence-corrected chi connectivity index (χ4v) is 2.38. The molecular formula is C12H21NO3. The van der Waals surface area contributed by atoms with Gasteiger partial charge in [0, 0.05) is 11.5 Å². The lowest BCUT2D eigenvalue weighted by atomic mass is 9.94. The highest BCUT2D eigenvalue weighted by Crippen LogP contribution is 2.31.